The smallest absolute Gasteiger partial charge is 0.243 e. The van der Waals surface area contributed by atoms with Crippen LogP contribution in [0, 0.1) is 5.92 Å². The van der Waals surface area contributed by atoms with Gasteiger partial charge in [0.2, 0.25) is 11.8 Å². The minimum absolute atomic E-state index is 0.0114. The van der Waals surface area contributed by atoms with Crippen molar-refractivity contribution in [2.75, 3.05) is 59.9 Å². The molecule has 3 rings (SSSR count). The number of nitrogens with zero attached hydrogens (tertiary/aromatic N) is 4. The van der Waals surface area contributed by atoms with Crippen LogP contribution >= 0.6 is 0 Å². The predicted molar refractivity (Wildman–Crippen MR) is 115 cm³/mol. The van der Waals surface area contributed by atoms with Crippen molar-refractivity contribution in [1.82, 2.24) is 25.3 Å². The maximum atomic E-state index is 12.1. The van der Waals surface area contributed by atoms with E-state index in [1.54, 1.807) is 19.0 Å². The van der Waals surface area contributed by atoms with Crippen LogP contribution in [-0.2, 0) is 9.59 Å². The highest BCUT2D eigenvalue weighted by Gasteiger charge is 2.26. The van der Waals surface area contributed by atoms with Gasteiger partial charge < -0.3 is 20.4 Å². The van der Waals surface area contributed by atoms with Gasteiger partial charge in [0.15, 0.2) is 5.96 Å². The number of hydrogen-bond donors (Lipinski definition) is 2. The molecule has 2 saturated carbocycles. The summed E-state index contributed by atoms with van der Waals surface area (Å²) in [5.74, 6) is 1.69. The second-order valence-electron chi connectivity index (χ2n) is 8.92. The first-order chi connectivity index (χ1) is 14.0. The maximum absolute atomic E-state index is 12.1. The van der Waals surface area contributed by atoms with Crippen LogP contribution in [0.3, 0.4) is 0 Å². The molecule has 1 saturated heterocycles. The van der Waals surface area contributed by atoms with Gasteiger partial charge in [0, 0.05) is 52.9 Å². The van der Waals surface area contributed by atoms with E-state index in [4.69, 9.17) is 0 Å². The fraction of sp³-hybridized carbons (Fsp3) is 0.857. The number of aliphatic imine (C=N–C) groups is 1. The fourth-order valence-corrected chi connectivity index (χ4v) is 4.00. The monoisotopic (exact) mass is 406 g/mol. The summed E-state index contributed by atoms with van der Waals surface area (Å²) < 4.78 is 0. The van der Waals surface area contributed by atoms with Crippen LogP contribution < -0.4 is 10.6 Å². The van der Waals surface area contributed by atoms with Gasteiger partial charge in [-0.3, -0.25) is 14.5 Å². The highest BCUT2D eigenvalue weighted by atomic mass is 16.2. The number of guanidine groups is 1. The Hall–Kier alpha value is -1.83. The number of hydrogen-bond acceptors (Lipinski definition) is 4. The van der Waals surface area contributed by atoms with Crippen molar-refractivity contribution >= 4 is 17.8 Å². The van der Waals surface area contributed by atoms with Crippen LogP contribution in [0.5, 0.6) is 0 Å². The molecular formula is C21H38N6O2. The summed E-state index contributed by atoms with van der Waals surface area (Å²) in [5.41, 5.74) is 0. The molecule has 3 aliphatic rings. The van der Waals surface area contributed by atoms with E-state index in [1.165, 1.54) is 32.1 Å². The van der Waals surface area contributed by atoms with Gasteiger partial charge >= 0.3 is 0 Å². The molecule has 0 unspecified atom stereocenters. The van der Waals surface area contributed by atoms with Crippen LogP contribution in [0.2, 0.25) is 0 Å². The van der Waals surface area contributed by atoms with Gasteiger partial charge in [-0.15, -0.1) is 0 Å². The zero-order chi connectivity index (χ0) is 20.6. The van der Waals surface area contributed by atoms with Gasteiger partial charge in [-0.2, -0.15) is 0 Å². The summed E-state index contributed by atoms with van der Waals surface area (Å²) >= 11 is 0. The lowest BCUT2D eigenvalue weighted by Crippen LogP contribution is -2.54. The third kappa shape index (κ3) is 7.49. The average Bonchev–Trinajstić information content (AvgIpc) is 3.53. The summed E-state index contributed by atoms with van der Waals surface area (Å²) in [6, 6.07) is 0.417. The standard InChI is InChI=1S/C21H38N6O2/c1-25(2)20(29)15-23-21(22-14-17-6-4-3-5-7-17)27-12-10-26(11-13-27)16-19(28)24-18-8-9-18/h17-18H,3-16H2,1-2H3,(H,22,23)(H,24,28). The van der Waals surface area contributed by atoms with Gasteiger partial charge in [0.1, 0.15) is 6.54 Å². The highest BCUT2D eigenvalue weighted by Crippen LogP contribution is 2.23. The third-order valence-electron chi connectivity index (χ3n) is 6.12. The van der Waals surface area contributed by atoms with E-state index in [1.807, 2.05) is 0 Å². The normalized spacial score (nSPS) is 21.7. The molecule has 0 aromatic carbocycles. The van der Waals surface area contributed by atoms with Crippen molar-refractivity contribution < 1.29 is 9.59 Å². The highest BCUT2D eigenvalue weighted by molar-refractivity contribution is 5.85. The second-order valence-corrected chi connectivity index (χ2v) is 8.92. The van der Waals surface area contributed by atoms with Crippen molar-refractivity contribution in [2.24, 2.45) is 10.9 Å². The molecule has 1 aliphatic heterocycles. The summed E-state index contributed by atoms with van der Waals surface area (Å²) in [4.78, 5) is 34.7. The molecule has 3 fully saturated rings. The first kappa shape index (κ1) is 21.9. The molecule has 29 heavy (non-hydrogen) atoms. The molecule has 2 aliphatic carbocycles. The van der Waals surface area contributed by atoms with Crippen LogP contribution in [0.15, 0.2) is 4.99 Å². The van der Waals surface area contributed by atoms with Crippen molar-refractivity contribution in [1.29, 1.82) is 0 Å². The van der Waals surface area contributed by atoms with Crippen molar-refractivity contribution in [3.63, 3.8) is 0 Å². The van der Waals surface area contributed by atoms with Crippen LogP contribution in [0.1, 0.15) is 44.9 Å². The van der Waals surface area contributed by atoms with Crippen LogP contribution in [0.25, 0.3) is 0 Å². The first-order valence-corrected chi connectivity index (χ1v) is 11.3. The quantitative estimate of drug-likeness (QED) is 0.475. The minimum Gasteiger partial charge on any atom is -0.356 e. The van der Waals surface area contributed by atoms with Crippen molar-refractivity contribution in [3.05, 3.63) is 0 Å². The van der Waals surface area contributed by atoms with E-state index in [9.17, 15) is 9.59 Å². The Morgan fingerprint density at radius 1 is 1.00 bits per heavy atom. The van der Waals surface area contributed by atoms with Gasteiger partial charge in [-0.25, -0.2) is 4.99 Å². The topological polar surface area (TPSA) is 80.3 Å². The average molecular weight is 407 g/mol. The Bertz CT molecular complexity index is 576. The Morgan fingerprint density at radius 2 is 1.69 bits per heavy atom. The van der Waals surface area contributed by atoms with Crippen molar-refractivity contribution in [3.8, 4) is 0 Å². The number of amides is 2. The molecule has 164 valence electrons. The van der Waals surface area contributed by atoms with E-state index in [2.05, 4.69) is 25.4 Å². The fourth-order valence-electron chi connectivity index (χ4n) is 4.00. The van der Waals surface area contributed by atoms with Gasteiger partial charge in [-0.05, 0) is 31.6 Å². The summed E-state index contributed by atoms with van der Waals surface area (Å²) in [5, 5.41) is 6.61. The molecule has 0 bridgehead atoms. The summed E-state index contributed by atoms with van der Waals surface area (Å²) in [7, 11) is 3.52. The van der Waals surface area contributed by atoms with E-state index in [0.29, 0.717) is 18.5 Å². The molecule has 8 heteroatoms. The number of likely N-dealkylation sites (N-methyl/N-ethyl adjacent to an activating group) is 1. The molecule has 0 aromatic heterocycles. The molecule has 0 aromatic rings. The molecule has 8 nitrogen and oxygen atoms in total. The van der Waals surface area contributed by atoms with E-state index in [-0.39, 0.29) is 18.4 Å². The molecule has 2 amide bonds. The second kappa shape index (κ2) is 10.8. The zero-order valence-corrected chi connectivity index (χ0v) is 18.2. The Labute approximate surface area is 175 Å². The van der Waals surface area contributed by atoms with E-state index in [0.717, 1.165) is 51.5 Å². The largest absolute Gasteiger partial charge is 0.356 e. The van der Waals surface area contributed by atoms with Gasteiger partial charge in [-0.1, -0.05) is 19.3 Å². The van der Waals surface area contributed by atoms with E-state index < -0.39 is 0 Å². The molecule has 1 heterocycles. The lowest BCUT2D eigenvalue weighted by Gasteiger charge is -2.37. The molecule has 2 N–H and O–H groups in total. The molecule has 0 spiro atoms. The number of nitrogens with one attached hydrogen (secondary N) is 2. The van der Waals surface area contributed by atoms with Gasteiger partial charge in [0.05, 0.1) is 6.54 Å². The molecule has 0 radical (unpaired) electrons. The van der Waals surface area contributed by atoms with Crippen LogP contribution in [0.4, 0.5) is 0 Å². The third-order valence-corrected chi connectivity index (χ3v) is 6.12. The zero-order valence-electron chi connectivity index (χ0n) is 18.2. The number of rotatable bonds is 7. The summed E-state index contributed by atoms with van der Waals surface area (Å²) in [6.07, 6.45) is 8.79. The lowest BCUT2D eigenvalue weighted by atomic mass is 9.89. The number of piperazine rings is 1. The molecular weight excluding hydrogens is 368 g/mol. The SMILES string of the molecule is CN(C)C(=O)CN=C(NCC1CCCCC1)N1CCN(CC(=O)NC2CC2)CC1. The van der Waals surface area contributed by atoms with Crippen LogP contribution in [-0.4, -0.2) is 98.4 Å². The summed E-state index contributed by atoms with van der Waals surface area (Å²) in [6.45, 7) is 4.90. The Morgan fingerprint density at radius 3 is 2.31 bits per heavy atom. The predicted octanol–water partition coefficient (Wildman–Crippen LogP) is 0.497. The number of carbonyl (C=O) groups is 2. The lowest BCUT2D eigenvalue weighted by molar-refractivity contribution is -0.127. The first-order valence-electron chi connectivity index (χ1n) is 11.3. The minimum atomic E-state index is 0.0114. The molecule has 0 atom stereocenters. The van der Waals surface area contributed by atoms with Crippen molar-refractivity contribution in [2.45, 2.75) is 51.0 Å². The maximum Gasteiger partial charge on any atom is 0.243 e. The van der Waals surface area contributed by atoms with E-state index >= 15 is 0 Å². The Kier molecular flexibility index (Phi) is 8.15. The number of carbonyl (C=O) groups excluding carboxylic acids is 2. The van der Waals surface area contributed by atoms with Gasteiger partial charge in [0.25, 0.3) is 0 Å². The Balaban J connectivity index is 1.50.